The summed E-state index contributed by atoms with van der Waals surface area (Å²) < 4.78 is 39.8. The third-order valence-electron chi connectivity index (χ3n) is 7.42. The molecule has 0 bridgehead atoms. The highest BCUT2D eigenvalue weighted by molar-refractivity contribution is 6.30. The number of aromatic nitrogens is 1. The smallest absolute Gasteiger partial charge is 0.357 e. The predicted octanol–water partition coefficient (Wildman–Crippen LogP) is 7.16. The average molecular weight is 542 g/mol. The predicted molar refractivity (Wildman–Crippen MR) is 142 cm³/mol. The average Bonchev–Trinajstić information content (AvgIpc) is 3.29. The Balaban J connectivity index is 1.52. The van der Waals surface area contributed by atoms with Crippen LogP contribution in [0.25, 0.3) is 0 Å². The molecule has 1 aromatic heterocycles. The quantitative estimate of drug-likeness (QED) is 0.295. The van der Waals surface area contributed by atoms with Gasteiger partial charge < -0.3 is 20.1 Å². The zero-order valence-electron chi connectivity index (χ0n) is 21.1. The maximum absolute atomic E-state index is 14.2. The van der Waals surface area contributed by atoms with Gasteiger partial charge in [-0.05, 0) is 49.4 Å². The van der Waals surface area contributed by atoms with Gasteiger partial charge >= 0.3 is 5.97 Å². The summed E-state index contributed by atoms with van der Waals surface area (Å²) in [5, 5.41) is 7.58. The van der Waals surface area contributed by atoms with Crippen molar-refractivity contribution in [3.05, 3.63) is 82.5 Å². The number of esters is 1. The van der Waals surface area contributed by atoms with E-state index in [-0.39, 0.29) is 30.7 Å². The summed E-state index contributed by atoms with van der Waals surface area (Å²) in [4.78, 5) is 16.6. The first kappa shape index (κ1) is 26.2. The summed E-state index contributed by atoms with van der Waals surface area (Å²) in [6.45, 7) is 2.23. The van der Waals surface area contributed by atoms with E-state index in [4.69, 9.17) is 21.1 Å². The summed E-state index contributed by atoms with van der Waals surface area (Å²) in [5.41, 5.74) is 1.06. The van der Waals surface area contributed by atoms with E-state index in [1.807, 2.05) is 12.1 Å². The largest absolute Gasteiger partial charge is 0.477 e. The van der Waals surface area contributed by atoms with Crippen LogP contribution in [0.5, 0.6) is 5.88 Å². The Kier molecular flexibility index (Phi) is 7.70. The van der Waals surface area contributed by atoms with Crippen LogP contribution in [0.1, 0.15) is 55.1 Å². The van der Waals surface area contributed by atoms with Crippen molar-refractivity contribution in [2.45, 2.75) is 44.7 Å². The fourth-order valence-corrected chi connectivity index (χ4v) is 5.73. The summed E-state index contributed by atoms with van der Waals surface area (Å²) in [6, 6.07) is 14.8. The van der Waals surface area contributed by atoms with Gasteiger partial charge in [-0.15, -0.1) is 0 Å². The van der Waals surface area contributed by atoms with Gasteiger partial charge in [0.25, 0.3) is 0 Å². The Morgan fingerprint density at radius 2 is 1.71 bits per heavy atom. The van der Waals surface area contributed by atoms with Crippen molar-refractivity contribution >= 4 is 28.9 Å². The van der Waals surface area contributed by atoms with Gasteiger partial charge in [0.2, 0.25) is 5.88 Å². The van der Waals surface area contributed by atoms with Crippen molar-refractivity contribution < 1.29 is 23.0 Å². The molecule has 0 radical (unpaired) electrons. The molecule has 1 aliphatic heterocycles. The van der Waals surface area contributed by atoms with Gasteiger partial charge in [0.15, 0.2) is 17.3 Å². The van der Waals surface area contributed by atoms with Crippen LogP contribution in [0.4, 0.5) is 20.2 Å². The highest BCUT2D eigenvalue weighted by atomic mass is 35.5. The minimum absolute atomic E-state index is 0.168. The fourth-order valence-electron chi connectivity index (χ4n) is 5.61. The zero-order chi connectivity index (χ0) is 26.7. The molecule has 1 atom stereocenters. The van der Waals surface area contributed by atoms with Gasteiger partial charge in [0.1, 0.15) is 5.66 Å². The van der Waals surface area contributed by atoms with Crippen LogP contribution >= 0.6 is 11.6 Å². The van der Waals surface area contributed by atoms with E-state index in [0.717, 1.165) is 31.2 Å². The molecule has 1 unspecified atom stereocenters. The van der Waals surface area contributed by atoms with E-state index in [2.05, 4.69) is 15.6 Å². The normalized spacial score (nSPS) is 17.2. The Hall–Kier alpha value is -3.39. The standard InChI is InChI=1S/C29H30ClF2N3O3/c1-2-37-28(36)24-9-6-10-27(33-24)38-17-21(18-7-4-3-5-8-18)29(19-11-13-20(30)14-12-19)34-25-15-22(31)23(32)16-26(25)35-29/h6,9-16,18,21,34-35H,2-5,7-8,17H2,1H3. The molecule has 2 heterocycles. The van der Waals surface area contributed by atoms with Gasteiger partial charge in [0, 0.05) is 29.1 Å². The van der Waals surface area contributed by atoms with Crippen LogP contribution in [0.3, 0.4) is 0 Å². The van der Waals surface area contributed by atoms with Crippen LogP contribution in [0.2, 0.25) is 5.02 Å². The number of benzene rings is 2. The molecule has 6 nitrogen and oxygen atoms in total. The molecule has 1 saturated carbocycles. The number of ether oxygens (including phenoxy) is 2. The summed E-state index contributed by atoms with van der Waals surface area (Å²) in [5.74, 6) is -1.98. The van der Waals surface area contributed by atoms with Crippen LogP contribution < -0.4 is 15.4 Å². The second-order valence-electron chi connectivity index (χ2n) is 9.77. The van der Waals surface area contributed by atoms with E-state index in [9.17, 15) is 13.6 Å². The van der Waals surface area contributed by atoms with Crippen molar-refractivity contribution in [2.75, 3.05) is 23.8 Å². The molecule has 0 spiro atoms. The van der Waals surface area contributed by atoms with E-state index < -0.39 is 23.3 Å². The number of nitrogens with one attached hydrogen (secondary N) is 2. The second-order valence-corrected chi connectivity index (χ2v) is 10.2. The van der Waals surface area contributed by atoms with Gasteiger partial charge in [-0.1, -0.05) is 49.1 Å². The van der Waals surface area contributed by atoms with Crippen LogP contribution in [-0.2, 0) is 10.4 Å². The van der Waals surface area contributed by atoms with Crippen LogP contribution in [0, 0.1) is 23.5 Å². The number of pyridine rings is 1. The molecule has 5 rings (SSSR count). The number of fused-ring (bicyclic) bond motifs is 1. The molecule has 0 amide bonds. The maximum Gasteiger partial charge on any atom is 0.357 e. The van der Waals surface area contributed by atoms with Crippen molar-refractivity contribution in [3.63, 3.8) is 0 Å². The first-order valence-corrected chi connectivity index (χ1v) is 13.4. The third kappa shape index (κ3) is 5.27. The fraction of sp³-hybridized carbons (Fsp3) is 0.379. The number of carbonyl (C=O) groups excluding carboxylic acids is 1. The number of rotatable bonds is 8. The number of anilines is 2. The highest BCUT2D eigenvalue weighted by Crippen LogP contribution is 2.49. The minimum Gasteiger partial charge on any atom is -0.477 e. The van der Waals surface area contributed by atoms with Crippen LogP contribution in [0.15, 0.2) is 54.6 Å². The van der Waals surface area contributed by atoms with Crippen molar-refractivity contribution in [1.82, 2.24) is 4.98 Å². The monoisotopic (exact) mass is 541 g/mol. The van der Waals surface area contributed by atoms with Crippen molar-refractivity contribution in [1.29, 1.82) is 0 Å². The van der Waals surface area contributed by atoms with Gasteiger partial charge in [0.05, 0.1) is 24.6 Å². The number of halogens is 3. The number of carbonyl (C=O) groups is 1. The zero-order valence-corrected chi connectivity index (χ0v) is 21.9. The molecular formula is C29H30ClF2N3O3. The molecule has 200 valence electrons. The molecule has 2 aromatic carbocycles. The topological polar surface area (TPSA) is 72.5 Å². The Labute approximate surface area is 225 Å². The lowest BCUT2D eigenvalue weighted by Gasteiger charge is -2.44. The first-order valence-electron chi connectivity index (χ1n) is 13.0. The summed E-state index contributed by atoms with van der Waals surface area (Å²) in [6.07, 6.45) is 5.32. The minimum atomic E-state index is -0.923. The van der Waals surface area contributed by atoms with Crippen molar-refractivity contribution in [2.24, 2.45) is 11.8 Å². The Morgan fingerprint density at radius 1 is 1.05 bits per heavy atom. The SMILES string of the molecule is CCOC(=O)c1cccc(OCC(C2CCCCC2)C2(c3ccc(Cl)cc3)Nc3cc(F)c(F)cc3N2)n1. The molecular weight excluding hydrogens is 512 g/mol. The van der Waals surface area contributed by atoms with Crippen molar-refractivity contribution in [3.8, 4) is 5.88 Å². The molecule has 1 fully saturated rings. The van der Waals surface area contributed by atoms with E-state index in [1.165, 1.54) is 18.6 Å². The second kappa shape index (κ2) is 11.2. The van der Waals surface area contributed by atoms with Gasteiger partial charge in [-0.25, -0.2) is 18.6 Å². The van der Waals surface area contributed by atoms with E-state index in [0.29, 0.717) is 22.3 Å². The van der Waals surface area contributed by atoms with Crippen LogP contribution in [-0.4, -0.2) is 24.2 Å². The van der Waals surface area contributed by atoms with Gasteiger partial charge in [-0.2, -0.15) is 0 Å². The highest BCUT2D eigenvalue weighted by Gasteiger charge is 2.49. The number of hydrogen-bond donors (Lipinski definition) is 2. The molecule has 38 heavy (non-hydrogen) atoms. The summed E-state index contributed by atoms with van der Waals surface area (Å²) >= 11 is 6.22. The number of hydrogen-bond acceptors (Lipinski definition) is 6. The first-order chi connectivity index (χ1) is 18.4. The third-order valence-corrected chi connectivity index (χ3v) is 7.67. The maximum atomic E-state index is 14.2. The Bertz CT molecular complexity index is 1270. The lowest BCUT2D eigenvalue weighted by atomic mass is 9.72. The van der Waals surface area contributed by atoms with E-state index in [1.54, 1.807) is 37.3 Å². The summed E-state index contributed by atoms with van der Waals surface area (Å²) in [7, 11) is 0. The molecule has 2 N–H and O–H groups in total. The molecule has 3 aromatic rings. The molecule has 0 saturated heterocycles. The Morgan fingerprint density at radius 3 is 2.34 bits per heavy atom. The molecule has 2 aliphatic rings. The van der Waals surface area contributed by atoms with E-state index >= 15 is 0 Å². The number of nitrogens with zero attached hydrogens (tertiary/aromatic N) is 1. The molecule has 1 aliphatic carbocycles. The lowest BCUT2D eigenvalue weighted by molar-refractivity contribution is 0.0516. The van der Waals surface area contributed by atoms with Gasteiger partial charge in [-0.3, -0.25) is 0 Å². The lowest BCUT2D eigenvalue weighted by Crippen LogP contribution is -2.51. The molecule has 9 heteroatoms.